The van der Waals surface area contributed by atoms with Crippen molar-refractivity contribution in [1.29, 1.82) is 0 Å². The zero-order valence-electron chi connectivity index (χ0n) is 17.6. The van der Waals surface area contributed by atoms with Crippen molar-refractivity contribution in [3.05, 3.63) is 58.5 Å². The number of hydrogen-bond acceptors (Lipinski definition) is 6. The SMILES string of the molecule is COCCOCn1ccnc1C1CCN(C(=O)Cc2n[nH]c(=O)c3ccccc23)CC1. The van der Waals surface area contributed by atoms with E-state index in [1.807, 2.05) is 27.8 Å². The number of H-pyrrole nitrogens is 1. The van der Waals surface area contributed by atoms with Crippen LogP contribution < -0.4 is 5.56 Å². The van der Waals surface area contributed by atoms with E-state index in [9.17, 15) is 9.59 Å². The van der Waals surface area contributed by atoms with Crippen LogP contribution in [0.2, 0.25) is 0 Å². The fourth-order valence-corrected chi connectivity index (χ4v) is 4.04. The van der Waals surface area contributed by atoms with Crippen LogP contribution in [0.5, 0.6) is 0 Å². The number of ether oxygens (including phenoxy) is 2. The Bertz CT molecular complexity index is 1080. The van der Waals surface area contributed by atoms with E-state index < -0.39 is 0 Å². The van der Waals surface area contributed by atoms with Crippen molar-refractivity contribution in [3.8, 4) is 0 Å². The second-order valence-corrected chi connectivity index (χ2v) is 7.66. The molecule has 9 nitrogen and oxygen atoms in total. The van der Waals surface area contributed by atoms with Crippen molar-refractivity contribution < 1.29 is 14.3 Å². The lowest BCUT2D eigenvalue weighted by Crippen LogP contribution is -2.39. The predicted octanol–water partition coefficient (Wildman–Crippen LogP) is 1.69. The maximum Gasteiger partial charge on any atom is 0.272 e. The number of aromatic nitrogens is 4. The van der Waals surface area contributed by atoms with E-state index in [1.54, 1.807) is 25.4 Å². The van der Waals surface area contributed by atoms with Crippen LogP contribution in [0.1, 0.15) is 30.3 Å². The summed E-state index contributed by atoms with van der Waals surface area (Å²) < 4.78 is 12.6. The number of fused-ring (bicyclic) bond motifs is 1. The van der Waals surface area contributed by atoms with E-state index >= 15 is 0 Å². The van der Waals surface area contributed by atoms with Crippen LogP contribution in [0.15, 0.2) is 41.5 Å². The molecule has 0 aliphatic carbocycles. The lowest BCUT2D eigenvalue weighted by atomic mass is 9.95. The summed E-state index contributed by atoms with van der Waals surface area (Å²) in [6, 6.07) is 7.24. The van der Waals surface area contributed by atoms with Crippen molar-refractivity contribution in [2.75, 3.05) is 33.4 Å². The Morgan fingerprint density at radius 1 is 1.19 bits per heavy atom. The number of hydrogen-bond donors (Lipinski definition) is 1. The quantitative estimate of drug-likeness (QED) is 0.551. The lowest BCUT2D eigenvalue weighted by molar-refractivity contribution is -0.131. The molecule has 4 rings (SSSR count). The van der Waals surface area contributed by atoms with E-state index in [2.05, 4.69) is 15.2 Å². The van der Waals surface area contributed by atoms with E-state index in [1.165, 1.54) is 0 Å². The molecule has 1 aliphatic heterocycles. The molecule has 0 spiro atoms. The van der Waals surface area contributed by atoms with Gasteiger partial charge in [0, 0.05) is 43.9 Å². The molecule has 0 bridgehead atoms. The highest BCUT2D eigenvalue weighted by Gasteiger charge is 2.27. The minimum absolute atomic E-state index is 0.0226. The van der Waals surface area contributed by atoms with Crippen LogP contribution in [-0.2, 0) is 27.4 Å². The molecule has 1 saturated heterocycles. The monoisotopic (exact) mass is 425 g/mol. The van der Waals surface area contributed by atoms with Gasteiger partial charge in [0.25, 0.3) is 5.56 Å². The van der Waals surface area contributed by atoms with Crippen molar-refractivity contribution in [2.45, 2.75) is 31.9 Å². The smallest absolute Gasteiger partial charge is 0.272 e. The van der Waals surface area contributed by atoms with Crippen LogP contribution in [0.4, 0.5) is 0 Å². The van der Waals surface area contributed by atoms with Crippen molar-refractivity contribution in [3.63, 3.8) is 0 Å². The van der Waals surface area contributed by atoms with E-state index in [0.29, 0.717) is 44.1 Å². The summed E-state index contributed by atoms with van der Waals surface area (Å²) in [4.78, 5) is 31.3. The number of methoxy groups -OCH3 is 1. The van der Waals surface area contributed by atoms with Crippen LogP contribution in [0.3, 0.4) is 0 Å². The van der Waals surface area contributed by atoms with Gasteiger partial charge in [-0.05, 0) is 18.9 Å². The Labute approximate surface area is 180 Å². The summed E-state index contributed by atoms with van der Waals surface area (Å²) in [6.45, 7) is 2.88. The lowest BCUT2D eigenvalue weighted by Gasteiger charge is -2.32. The van der Waals surface area contributed by atoms with Crippen LogP contribution in [-0.4, -0.2) is 64.0 Å². The molecule has 3 heterocycles. The molecule has 1 aliphatic rings. The van der Waals surface area contributed by atoms with E-state index in [0.717, 1.165) is 24.1 Å². The maximum atomic E-state index is 12.9. The molecule has 1 fully saturated rings. The topological polar surface area (TPSA) is 102 Å². The van der Waals surface area contributed by atoms with Crippen molar-refractivity contribution in [1.82, 2.24) is 24.6 Å². The zero-order chi connectivity index (χ0) is 21.6. The molecule has 0 saturated carbocycles. The Balaban J connectivity index is 1.36. The molecule has 164 valence electrons. The summed E-state index contributed by atoms with van der Waals surface area (Å²) in [6.07, 6.45) is 5.58. The highest BCUT2D eigenvalue weighted by atomic mass is 16.5. The Morgan fingerprint density at radius 2 is 1.97 bits per heavy atom. The van der Waals surface area contributed by atoms with Gasteiger partial charge in [-0.25, -0.2) is 10.1 Å². The molecule has 1 amide bonds. The van der Waals surface area contributed by atoms with Gasteiger partial charge >= 0.3 is 0 Å². The first-order valence-electron chi connectivity index (χ1n) is 10.5. The Hall–Kier alpha value is -3.04. The van der Waals surface area contributed by atoms with Crippen LogP contribution in [0.25, 0.3) is 10.8 Å². The number of aromatic amines is 1. The third-order valence-corrected chi connectivity index (χ3v) is 5.72. The number of likely N-dealkylation sites (tertiary alicyclic amines) is 1. The molecular weight excluding hydrogens is 398 g/mol. The van der Waals surface area contributed by atoms with Gasteiger partial charge in [0.05, 0.1) is 30.7 Å². The number of carbonyl (C=O) groups is 1. The number of benzene rings is 1. The van der Waals surface area contributed by atoms with E-state index in [-0.39, 0.29) is 23.8 Å². The van der Waals surface area contributed by atoms with Gasteiger partial charge in [0.1, 0.15) is 12.6 Å². The summed E-state index contributed by atoms with van der Waals surface area (Å²) in [5.74, 6) is 1.31. The summed E-state index contributed by atoms with van der Waals surface area (Å²) in [5.41, 5.74) is 0.361. The number of carbonyl (C=O) groups excluding carboxylic acids is 1. The third kappa shape index (κ3) is 4.83. The Morgan fingerprint density at radius 3 is 2.74 bits per heavy atom. The van der Waals surface area contributed by atoms with Gasteiger partial charge in [-0.15, -0.1) is 0 Å². The number of amides is 1. The van der Waals surface area contributed by atoms with Crippen LogP contribution >= 0.6 is 0 Å². The number of nitrogens with zero attached hydrogens (tertiary/aromatic N) is 4. The minimum atomic E-state index is -0.241. The maximum absolute atomic E-state index is 12.9. The number of imidazole rings is 1. The average Bonchev–Trinajstić information content (AvgIpc) is 3.27. The first-order valence-corrected chi connectivity index (χ1v) is 10.5. The van der Waals surface area contributed by atoms with Crippen molar-refractivity contribution in [2.24, 2.45) is 0 Å². The molecule has 2 aromatic heterocycles. The van der Waals surface area contributed by atoms with E-state index in [4.69, 9.17) is 9.47 Å². The van der Waals surface area contributed by atoms with Crippen LogP contribution in [0, 0.1) is 0 Å². The van der Waals surface area contributed by atoms with Gasteiger partial charge in [0.15, 0.2) is 0 Å². The average molecular weight is 425 g/mol. The Kier molecular flexibility index (Phi) is 6.73. The molecule has 9 heteroatoms. The third-order valence-electron chi connectivity index (χ3n) is 5.72. The predicted molar refractivity (Wildman–Crippen MR) is 115 cm³/mol. The molecular formula is C22H27N5O4. The summed E-state index contributed by atoms with van der Waals surface area (Å²) in [5, 5.41) is 7.91. The second kappa shape index (κ2) is 9.84. The number of nitrogens with one attached hydrogen (secondary N) is 1. The van der Waals surface area contributed by atoms with Crippen molar-refractivity contribution >= 4 is 16.7 Å². The minimum Gasteiger partial charge on any atom is -0.382 e. The molecule has 0 unspecified atom stereocenters. The van der Waals surface area contributed by atoms with Gasteiger partial charge in [0.2, 0.25) is 5.91 Å². The van der Waals surface area contributed by atoms with Gasteiger partial charge in [-0.2, -0.15) is 5.10 Å². The first-order chi connectivity index (χ1) is 15.2. The molecule has 1 N–H and O–H groups in total. The summed E-state index contributed by atoms with van der Waals surface area (Å²) in [7, 11) is 1.65. The van der Waals surface area contributed by atoms with Gasteiger partial charge in [-0.1, -0.05) is 18.2 Å². The standard InChI is InChI=1S/C22H27N5O4/c1-30-12-13-31-15-27-11-8-23-21(27)16-6-9-26(10-7-16)20(28)14-19-17-4-2-3-5-18(17)22(29)25-24-19/h2-5,8,11,16H,6-7,9-10,12-15H2,1H3,(H,25,29). The fourth-order valence-electron chi connectivity index (χ4n) is 4.04. The number of rotatable bonds is 8. The fraction of sp³-hybridized carbons (Fsp3) is 0.455. The highest BCUT2D eigenvalue weighted by molar-refractivity contribution is 5.88. The molecule has 0 radical (unpaired) electrons. The highest BCUT2D eigenvalue weighted by Crippen LogP contribution is 2.27. The molecule has 31 heavy (non-hydrogen) atoms. The zero-order valence-corrected chi connectivity index (χ0v) is 17.6. The van der Waals surface area contributed by atoms with Gasteiger partial charge < -0.3 is 18.9 Å². The second-order valence-electron chi connectivity index (χ2n) is 7.66. The van der Waals surface area contributed by atoms with Gasteiger partial charge in [-0.3, -0.25) is 9.59 Å². The largest absolute Gasteiger partial charge is 0.382 e. The normalized spacial score (nSPS) is 14.9. The summed E-state index contributed by atoms with van der Waals surface area (Å²) >= 11 is 0. The first kappa shape index (κ1) is 21.2. The molecule has 3 aromatic rings. The molecule has 1 aromatic carbocycles. The molecule has 0 atom stereocenters. The number of piperidine rings is 1.